The van der Waals surface area contributed by atoms with Crippen LogP contribution in [0.25, 0.3) is 0 Å². The van der Waals surface area contributed by atoms with Crippen LogP contribution in [0.3, 0.4) is 0 Å². The van der Waals surface area contributed by atoms with E-state index in [1.165, 1.54) is 24.6 Å². The van der Waals surface area contributed by atoms with Crippen molar-refractivity contribution >= 4 is 0 Å². The zero-order valence-corrected chi connectivity index (χ0v) is 11.5. The molecule has 1 aromatic carbocycles. The molecule has 0 saturated heterocycles. The summed E-state index contributed by atoms with van der Waals surface area (Å²) in [6.45, 7) is 6.99. The molecule has 0 aromatic heterocycles. The molecule has 1 atom stereocenters. The van der Waals surface area contributed by atoms with E-state index in [4.69, 9.17) is 0 Å². The maximum Gasteiger partial charge on any atom is 0.130 e. The van der Waals surface area contributed by atoms with Crippen molar-refractivity contribution in [2.75, 3.05) is 6.54 Å². The first-order valence-corrected chi connectivity index (χ1v) is 6.69. The molecule has 0 aliphatic rings. The van der Waals surface area contributed by atoms with E-state index in [2.05, 4.69) is 19.2 Å². The molecule has 1 N–H and O–H groups in total. The number of unbranched alkanes of at least 4 members (excludes halogenated alkanes) is 1. The van der Waals surface area contributed by atoms with E-state index in [1.54, 1.807) is 6.92 Å². The highest BCUT2D eigenvalue weighted by molar-refractivity contribution is 5.22. The first-order valence-electron chi connectivity index (χ1n) is 6.69. The Morgan fingerprint density at radius 3 is 2.22 bits per heavy atom. The Bertz CT molecular complexity index is 343. The Hall–Kier alpha value is -0.960. The van der Waals surface area contributed by atoms with Gasteiger partial charge in [0.25, 0.3) is 0 Å². The van der Waals surface area contributed by atoms with E-state index in [0.717, 1.165) is 19.4 Å². The van der Waals surface area contributed by atoms with Crippen LogP contribution in [0.4, 0.5) is 8.78 Å². The van der Waals surface area contributed by atoms with Gasteiger partial charge in [0.15, 0.2) is 0 Å². The van der Waals surface area contributed by atoms with Crippen LogP contribution in [0.2, 0.25) is 0 Å². The van der Waals surface area contributed by atoms with Crippen molar-refractivity contribution in [2.45, 2.75) is 46.1 Å². The fourth-order valence-corrected chi connectivity index (χ4v) is 2.02. The van der Waals surface area contributed by atoms with Crippen LogP contribution in [0, 0.1) is 17.6 Å². The average Bonchev–Trinajstić information content (AvgIpc) is 2.27. The second kappa shape index (κ2) is 7.47. The van der Waals surface area contributed by atoms with E-state index in [0.29, 0.717) is 5.92 Å². The van der Waals surface area contributed by atoms with Gasteiger partial charge in [0.2, 0.25) is 0 Å². The van der Waals surface area contributed by atoms with Crippen molar-refractivity contribution in [1.29, 1.82) is 0 Å². The minimum atomic E-state index is -0.475. The normalized spacial score (nSPS) is 13.0. The summed E-state index contributed by atoms with van der Waals surface area (Å²) in [6, 6.07) is 3.71. The third kappa shape index (κ3) is 4.73. The largest absolute Gasteiger partial charge is 0.310 e. The second-order valence-corrected chi connectivity index (χ2v) is 5.20. The van der Waals surface area contributed by atoms with Crippen LogP contribution < -0.4 is 5.32 Å². The molecule has 0 bridgehead atoms. The zero-order valence-electron chi connectivity index (χ0n) is 11.5. The summed E-state index contributed by atoms with van der Waals surface area (Å²) in [5, 5.41) is 3.17. The van der Waals surface area contributed by atoms with Gasteiger partial charge in [0.1, 0.15) is 11.6 Å². The molecular weight excluding hydrogens is 232 g/mol. The molecule has 0 fully saturated rings. The Kier molecular flexibility index (Phi) is 6.27. The lowest BCUT2D eigenvalue weighted by molar-refractivity contribution is 0.467. The van der Waals surface area contributed by atoms with Gasteiger partial charge in [-0.05, 0) is 37.9 Å². The van der Waals surface area contributed by atoms with Gasteiger partial charge in [-0.3, -0.25) is 0 Å². The summed E-state index contributed by atoms with van der Waals surface area (Å²) < 4.78 is 27.0. The van der Waals surface area contributed by atoms with E-state index < -0.39 is 11.6 Å². The fraction of sp³-hybridized carbons (Fsp3) is 0.600. The molecule has 1 rings (SSSR count). The van der Waals surface area contributed by atoms with Crippen LogP contribution in [0.15, 0.2) is 18.2 Å². The highest BCUT2D eigenvalue weighted by atomic mass is 19.1. The molecule has 102 valence electrons. The van der Waals surface area contributed by atoms with Crippen molar-refractivity contribution in [3.63, 3.8) is 0 Å². The van der Waals surface area contributed by atoms with Gasteiger partial charge in [0, 0.05) is 11.6 Å². The van der Waals surface area contributed by atoms with Gasteiger partial charge in [0.05, 0.1) is 0 Å². The predicted molar refractivity (Wildman–Crippen MR) is 71.5 cm³/mol. The number of hydrogen-bond acceptors (Lipinski definition) is 1. The Morgan fingerprint density at radius 1 is 1.06 bits per heavy atom. The first-order chi connectivity index (χ1) is 8.52. The maximum absolute atomic E-state index is 13.5. The summed E-state index contributed by atoms with van der Waals surface area (Å²) in [4.78, 5) is 0. The van der Waals surface area contributed by atoms with Crippen LogP contribution in [-0.4, -0.2) is 6.54 Å². The first kappa shape index (κ1) is 15.1. The molecule has 0 radical (unpaired) electrons. The summed E-state index contributed by atoms with van der Waals surface area (Å²) in [6.07, 6.45) is 3.39. The van der Waals surface area contributed by atoms with Crippen molar-refractivity contribution in [1.82, 2.24) is 5.32 Å². The van der Waals surface area contributed by atoms with Gasteiger partial charge in [-0.2, -0.15) is 0 Å². The molecule has 1 nitrogen and oxygen atoms in total. The number of benzene rings is 1. The van der Waals surface area contributed by atoms with Crippen molar-refractivity contribution in [3.8, 4) is 0 Å². The molecule has 0 heterocycles. The highest BCUT2D eigenvalue weighted by Crippen LogP contribution is 2.20. The molecule has 0 spiro atoms. The third-order valence-corrected chi connectivity index (χ3v) is 3.09. The SMILES string of the molecule is CC(C)CCCCNC(C)c1c(F)cccc1F. The van der Waals surface area contributed by atoms with Gasteiger partial charge in [-0.1, -0.05) is 32.8 Å². The molecule has 0 saturated carbocycles. The van der Waals surface area contributed by atoms with Crippen LogP contribution in [0.5, 0.6) is 0 Å². The second-order valence-electron chi connectivity index (χ2n) is 5.20. The van der Waals surface area contributed by atoms with Crippen LogP contribution in [0.1, 0.15) is 51.6 Å². The molecule has 1 aromatic rings. The van der Waals surface area contributed by atoms with Crippen LogP contribution in [-0.2, 0) is 0 Å². The summed E-state index contributed by atoms with van der Waals surface area (Å²) in [7, 11) is 0. The highest BCUT2D eigenvalue weighted by Gasteiger charge is 2.14. The summed E-state index contributed by atoms with van der Waals surface area (Å²) in [5.74, 6) is -0.235. The summed E-state index contributed by atoms with van der Waals surface area (Å²) >= 11 is 0. The summed E-state index contributed by atoms with van der Waals surface area (Å²) in [5.41, 5.74) is 0.140. The van der Waals surface area contributed by atoms with Crippen molar-refractivity contribution in [3.05, 3.63) is 35.4 Å². The van der Waals surface area contributed by atoms with Gasteiger partial charge in [-0.25, -0.2) is 8.78 Å². The zero-order chi connectivity index (χ0) is 13.5. The molecule has 0 amide bonds. The molecule has 3 heteroatoms. The minimum Gasteiger partial charge on any atom is -0.310 e. The number of hydrogen-bond donors (Lipinski definition) is 1. The topological polar surface area (TPSA) is 12.0 Å². The minimum absolute atomic E-state index is 0.140. The van der Waals surface area contributed by atoms with Gasteiger partial charge in [-0.15, -0.1) is 0 Å². The average molecular weight is 255 g/mol. The monoisotopic (exact) mass is 255 g/mol. The number of nitrogens with one attached hydrogen (secondary N) is 1. The van der Waals surface area contributed by atoms with E-state index in [1.807, 2.05) is 0 Å². The van der Waals surface area contributed by atoms with Gasteiger partial charge < -0.3 is 5.32 Å². The fourth-order valence-electron chi connectivity index (χ4n) is 2.02. The molecule has 18 heavy (non-hydrogen) atoms. The third-order valence-electron chi connectivity index (χ3n) is 3.09. The Morgan fingerprint density at radius 2 is 1.67 bits per heavy atom. The molecule has 0 aliphatic carbocycles. The lowest BCUT2D eigenvalue weighted by atomic mass is 10.1. The van der Waals surface area contributed by atoms with Crippen molar-refractivity contribution < 1.29 is 8.78 Å². The van der Waals surface area contributed by atoms with E-state index in [-0.39, 0.29) is 11.6 Å². The van der Waals surface area contributed by atoms with E-state index >= 15 is 0 Å². The lowest BCUT2D eigenvalue weighted by Crippen LogP contribution is -2.22. The smallest absolute Gasteiger partial charge is 0.130 e. The molecule has 0 aliphatic heterocycles. The van der Waals surface area contributed by atoms with Crippen LogP contribution >= 0.6 is 0 Å². The van der Waals surface area contributed by atoms with Gasteiger partial charge >= 0.3 is 0 Å². The Balaban J connectivity index is 2.39. The predicted octanol–water partition coefficient (Wildman–Crippen LogP) is 4.44. The van der Waals surface area contributed by atoms with Crippen molar-refractivity contribution in [2.24, 2.45) is 5.92 Å². The van der Waals surface area contributed by atoms with E-state index in [9.17, 15) is 8.78 Å². The maximum atomic E-state index is 13.5. The molecule has 1 unspecified atom stereocenters. The lowest BCUT2D eigenvalue weighted by Gasteiger charge is -2.16. The number of rotatable bonds is 7. The molecular formula is C15H23F2N. The Labute approximate surface area is 109 Å². The number of halogens is 2. The quantitative estimate of drug-likeness (QED) is 0.710. The standard InChI is InChI=1S/C15H23F2N/c1-11(2)7-4-5-10-18-12(3)15-13(16)8-6-9-14(15)17/h6,8-9,11-12,18H,4-5,7,10H2,1-3H3.